The van der Waals surface area contributed by atoms with Gasteiger partial charge in [-0.05, 0) is 36.8 Å². The maximum atomic E-state index is 11.9. The SMILES string of the molecule is Cc1cc(=O)n(-c2ccc(S(C)(=O)=O)cc2)nc1C(N)=O. The zero-order chi connectivity index (χ0) is 15.8. The lowest BCUT2D eigenvalue weighted by Crippen LogP contribution is -2.26. The van der Waals surface area contributed by atoms with Crippen molar-refractivity contribution >= 4 is 15.7 Å². The highest BCUT2D eigenvalue weighted by Crippen LogP contribution is 2.12. The number of nitrogens with two attached hydrogens (primary N) is 1. The first-order valence-corrected chi connectivity index (χ1v) is 7.80. The molecule has 0 aliphatic rings. The molecule has 1 aromatic heterocycles. The van der Waals surface area contributed by atoms with Crippen molar-refractivity contribution in [3.05, 3.63) is 51.9 Å². The maximum Gasteiger partial charge on any atom is 0.271 e. The average molecular weight is 307 g/mol. The van der Waals surface area contributed by atoms with E-state index in [2.05, 4.69) is 5.10 Å². The van der Waals surface area contributed by atoms with E-state index in [0.29, 0.717) is 11.3 Å². The second-order valence-electron chi connectivity index (χ2n) is 4.56. The first kappa shape index (κ1) is 14.9. The normalized spacial score (nSPS) is 11.3. The molecule has 0 atom stereocenters. The number of nitrogens with zero attached hydrogens (tertiary/aromatic N) is 2. The molecule has 1 aromatic carbocycles. The third-order valence-electron chi connectivity index (χ3n) is 2.87. The first-order valence-electron chi connectivity index (χ1n) is 5.91. The number of benzene rings is 1. The number of aryl methyl sites for hydroxylation is 1. The van der Waals surface area contributed by atoms with Gasteiger partial charge in [0, 0.05) is 12.3 Å². The van der Waals surface area contributed by atoms with Crippen LogP contribution < -0.4 is 11.3 Å². The summed E-state index contributed by atoms with van der Waals surface area (Å²) in [6.45, 7) is 1.56. The number of rotatable bonds is 3. The Hall–Kier alpha value is -2.48. The van der Waals surface area contributed by atoms with Gasteiger partial charge in [-0.1, -0.05) is 0 Å². The van der Waals surface area contributed by atoms with Gasteiger partial charge in [0.25, 0.3) is 11.5 Å². The van der Waals surface area contributed by atoms with Crippen LogP contribution in [0.5, 0.6) is 0 Å². The molecule has 0 spiro atoms. The van der Waals surface area contributed by atoms with E-state index >= 15 is 0 Å². The Labute approximate surface area is 120 Å². The molecule has 0 aliphatic carbocycles. The maximum absolute atomic E-state index is 11.9. The Morgan fingerprint density at radius 3 is 2.29 bits per heavy atom. The monoisotopic (exact) mass is 307 g/mol. The smallest absolute Gasteiger partial charge is 0.271 e. The largest absolute Gasteiger partial charge is 0.364 e. The first-order chi connectivity index (χ1) is 9.70. The fraction of sp³-hybridized carbons (Fsp3) is 0.154. The van der Waals surface area contributed by atoms with Gasteiger partial charge in [-0.2, -0.15) is 9.78 Å². The van der Waals surface area contributed by atoms with Crippen LogP contribution in [0.4, 0.5) is 0 Å². The molecule has 0 saturated heterocycles. The van der Waals surface area contributed by atoms with Gasteiger partial charge >= 0.3 is 0 Å². The minimum atomic E-state index is -3.32. The number of primary amides is 1. The lowest BCUT2D eigenvalue weighted by Gasteiger charge is -2.08. The van der Waals surface area contributed by atoms with Crippen LogP contribution >= 0.6 is 0 Å². The molecule has 1 heterocycles. The van der Waals surface area contributed by atoms with Gasteiger partial charge in [0.2, 0.25) is 0 Å². The highest BCUT2D eigenvalue weighted by molar-refractivity contribution is 7.90. The van der Waals surface area contributed by atoms with E-state index in [1.54, 1.807) is 6.92 Å². The van der Waals surface area contributed by atoms with Gasteiger partial charge < -0.3 is 5.73 Å². The molecule has 2 aromatic rings. The van der Waals surface area contributed by atoms with Gasteiger partial charge in [0.15, 0.2) is 15.5 Å². The lowest BCUT2D eigenvalue weighted by molar-refractivity contribution is 0.0993. The van der Waals surface area contributed by atoms with Gasteiger partial charge in [-0.3, -0.25) is 9.59 Å². The minimum Gasteiger partial charge on any atom is -0.364 e. The topological polar surface area (TPSA) is 112 Å². The molecule has 0 radical (unpaired) electrons. The van der Waals surface area contributed by atoms with Crippen molar-refractivity contribution in [1.82, 2.24) is 9.78 Å². The molecule has 1 amide bonds. The number of carbonyl (C=O) groups excluding carboxylic acids is 1. The Kier molecular flexibility index (Phi) is 3.65. The van der Waals surface area contributed by atoms with Crippen molar-refractivity contribution in [1.29, 1.82) is 0 Å². The van der Waals surface area contributed by atoms with E-state index in [9.17, 15) is 18.0 Å². The molecule has 0 fully saturated rings. The minimum absolute atomic E-state index is 0.0122. The summed E-state index contributed by atoms with van der Waals surface area (Å²) in [5.41, 5.74) is 5.47. The van der Waals surface area contributed by atoms with E-state index < -0.39 is 21.3 Å². The number of amides is 1. The Morgan fingerprint density at radius 1 is 1.24 bits per heavy atom. The summed E-state index contributed by atoms with van der Waals surface area (Å²) in [6, 6.07) is 6.85. The van der Waals surface area contributed by atoms with Crippen LogP contribution in [0.2, 0.25) is 0 Å². The summed E-state index contributed by atoms with van der Waals surface area (Å²) in [7, 11) is -3.32. The van der Waals surface area contributed by atoms with Crippen LogP contribution in [0.1, 0.15) is 16.1 Å². The Bertz CT molecular complexity index is 867. The molecule has 0 aliphatic heterocycles. The van der Waals surface area contributed by atoms with E-state index in [0.717, 1.165) is 10.9 Å². The van der Waals surface area contributed by atoms with Crippen LogP contribution in [0, 0.1) is 6.92 Å². The van der Waals surface area contributed by atoms with Gasteiger partial charge in [-0.15, -0.1) is 0 Å². The van der Waals surface area contributed by atoms with E-state index in [1.165, 1.54) is 30.3 Å². The molecule has 0 bridgehead atoms. The third kappa shape index (κ3) is 3.00. The molecule has 8 heteroatoms. The van der Waals surface area contributed by atoms with Gasteiger partial charge in [0.05, 0.1) is 10.6 Å². The molecular formula is C13H13N3O4S. The molecular weight excluding hydrogens is 294 g/mol. The van der Waals surface area contributed by atoms with Crippen molar-refractivity contribution in [2.45, 2.75) is 11.8 Å². The van der Waals surface area contributed by atoms with Crippen molar-refractivity contribution in [2.24, 2.45) is 5.73 Å². The van der Waals surface area contributed by atoms with Crippen molar-refractivity contribution in [3.8, 4) is 5.69 Å². The molecule has 0 unspecified atom stereocenters. The zero-order valence-corrected chi connectivity index (χ0v) is 12.2. The second kappa shape index (κ2) is 5.13. The van der Waals surface area contributed by atoms with E-state index in [-0.39, 0.29) is 10.6 Å². The second-order valence-corrected chi connectivity index (χ2v) is 6.57. The molecule has 0 saturated carbocycles. The van der Waals surface area contributed by atoms with Crippen molar-refractivity contribution in [3.63, 3.8) is 0 Å². The summed E-state index contributed by atoms with van der Waals surface area (Å²) in [6.07, 6.45) is 1.09. The summed E-state index contributed by atoms with van der Waals surface area (Å²) in [5, 5.41) is 3.91. The van der Waals surface area contributed by atoms with Crippen LogP contribution in [0.15, 0.2) is 40.0 Å². The molecule has 21 heavy (non-hydrogen) atoms. The Morgan fingerprint density at radius 2 is 1.81 bits per heavy atom. The fourth-order valence-corrected chi connectivity index (χ4v) is 2.44. The summed E-state index contributed by atoms with van der Waals surface area (Å²) in [5.74, 6) is -0.742. The summed E-state index contributed by atoms with van der Waals surface area (Å²) in [4.78, 5) is 23.3. The number of hydrogen-bond donors (Lipinski definition) is 1. The number of hydrogen-bond acceptors (Lipinski definition) is 5. The highest BCUT2D eigenvalue weighted by Gasteiger charge is 2.12. The standard InChI is InChI=1S/C13H13N3O4S/c1-8-7-11(17)16(15-12(8)13(14)18)9-3-5-10(6-4-9)21(2,19)20/h3-7H,1-2H3,(H2,14,18). The molecule has 2 rings (SSSR count). The molecule has 2 N–H and O–H groups in total. The van der Waals surface area contributed by atoms with Crippen molar-refractivity contribution < 1.29 is 13.2 Å². The lowest BCUT2D eigenvalue weighted by atomic mass is 10.2. The summed E-state index contributed by atoms with van der Waals surface area (Å²) >= 11 is 0. The Balaban J connectivity index is 2.60. The highest BCUT2D eigenvalue weighted by atomic mass is 32.2. The van der Waals surface area contributed by atoms with Crippen molar-refractivity contribution in [2.75, 3.05) is 6.26 Å². The van der Waals surface area contributed by atoms with E-state index in [4.69, 9.17) is 5.73 Å². The summed E-state index contributed by atoms with van der Waals surface area (Å²) < 4.78 is 23.8. The van der Waals surface area contributed by atoms with Crippen LogP contribution in [-0.4, -0.2) is 30.4 Å². The number of sulfone groups is 1. The van der Waals surface area contributed by atoms with Gasteiger partial charge in [-0.25, -0.2) is 8.42 Å². The van der Waals surface area contributed by atoms with Crippen LogP contribution in [-0.2, 0) is 9.84 Å². The molecule has 110 valence electrons. The number of carbonyl (C=O) groups is 1. The van der Waals surface area contributed by atoms with Crippen LogP contribution in [0.3, 0.4) is 0 Å². The predicted octanol–water partition coefficient (Wildman–Crippen LogP) is 0.0433. The quantitative estimate of drug-likeness (QED) is 0.860. The van der Waals surface area contributed by atoms with Gasteiger partial charge in [0.1, 0.15) is 0 Å². The predicted molar refractivity (Wildman–Crippen MR) is 76.2 cm³/mol. The van der Waals surface area contributed by atoms with Crippen LogP contribution in [0.25, 0.3) is 5.69 Å². The number of aromatic nitrogens is 2. The molecule has 7 nitrogen and oxygen atoms in total. The third-order valence-corrected chi connectivity index (χ3v) is 3.99. The fourth-order valence-electron chi connectivity index (χ4n) is 1.81. The average Bonchev–Trinajstić information content (AvgIpc) is 2.37. The van der Waals surface area contributed by atoms with E-state index in [1.807, 2.05) is 0 Å². The zero-order valence-electron chi connectivity index (χ0n) is 11.4.